The minimum atomic E-state index is 0.207. The van der Waals surface area contributed by atoms with Gasteiger partial charge in [0, 0.05) is 16.6 Å². The van der Waals surface area contributed by atoms with E-state index in [1.165, 1.54) is 57.8 Å². The van der Waals surface area contributed by atoms with Gasteiger partial charge < -0.3 is 0 Å². The predicted octanol–water partition coefficient (Wildman–Crippen LogP) is 7.83. The molecular formula is C24H49N. The first kappa shape index (κ1) is 23.0. The molecule has 1 aliphatic rings. The van der Waals surface area contributed by atoms with Gasteiger partial charge in [0.15, 0.2) is 0 Å². The van der Waals surface area contributed by atoms with Crippen LogP contribution in [0.1, 0.15) is 127 Å². The fourth-order valence-corrected chi connectivity index (χ4v) is 6.04. The molecule has 1 nitrogen and oxygen atoms in total. The SMILES string of the molecule is CCCCC(C)C(C)(C)CC1([16N](C(C)(C)C)C(C)(C)C)CCCCC1. The van der Waals surface area contributed by atoms with E-state index in [0.29, 0.717) is 11.0 Å². The molecule has 1 unspecified atom stereocenters. The van der Waals surface area contributed by atoms with Gasteiger partial charge in [-0.2, -0.15) is 0 Å². The number of unbranched alkanes of at least 4 members (excludes halogenated alkanes) is 1. The van der Waals surface area contributed by atoms with Crippen LogP contribution in [0, 0.1) is 11.3 Å². The average Bonchev–Trinajstić information content (AvgIpc) is 2.41. The predicted molar refractivity (Wildman–Crippen MR) is 114 cm³/mol. The molecule has 1 aliphatic carbocycles. The van der Waals surface area contributed by atoms with Gasteiger partial charge in [0.25, 0.3) is 0 Å². The zero-order valence-electron chi connectivity index (χ0n) is 19.4. The molecule has 1 fully saturated rings. The first-order valence-corrected chi connectivity index (χ1v) is 11.1. The summed E-state index contributed by atoms with van der Waals surface area (Å²) in [5.41, 5.74) is 1.18. The van der Waals surface area contributed by atoms with Crippen molar-refractivity contribution in [2.24, 2.45) is 11.3 Å². The molecule has 1 rings (SSSR count). The van der Waals surface area contributed by atoms with Crippen molar-refractivity contribution in [1.82, 2.24) is 4.90 Å². The number of rotatable bonds is 7. The van der Waals surface area contributed by atoms with Crippen molar-refractivity contribution < 1.29 is 0 Å². The van der Waals surface area contributed by atoms with E-state index >= 15 is 0 Å². The van der Waals surface area contributed by atoms with E-state index in [0.717, 1.165) is 5.92 Å². The lowest BCUT2D eigenvalue weighted by atomic mass is 9.66. The molecule has 1 heteroatoms. The largest absolute Gasteiger partial charge is 0.288 e. The van der Waals surface area contributed by atoms with Gasteiger partial charge in [0.2, 0.25) is 0 Å². The summed E-state index contributed by atoms with van der Waals surface area (Å²) >= 11 is 0. The zero-order chi connectivity index (χ0) is 19.5. The van der Waals surface area contributed by atoms with Crippen LogP contribution >= 0.6 is 0 Å². The lowest BCUT2D eigenvalue weighted by molar-refractivity contribution is -0.107. The molecule has 0 bridgehead atoms. The average molecular weight is 354 g/mol. The summed E-state index contributed by atoms with van der Waals surface area (Å²) in [6.07, 6.45) is 12.4. The molecule has 1 saturated carbocycles. The van der Waals surface area contributed by atoms with Crippen molar-refractivity contribution in [1.29, 1.82) is 0 Å². The molecule has 0 aliphatic heterocycles. The zero-order valence-corrected chi connectivity index (χ0v) is 19.4. The monoisotopic (exact) mass is 353 g/mol. The number of hydrogen-bond donors (Lipinski definition) is 0. The molecule has 0 heterocycles. The molecular weight excluding hydrogens is 304 g/mol. The number of nitrogens with zero attached hydrogens (tertiary/aromatic N) is 1. The Kier molecular flexibility index (Phi) is 7.66. The lowest BCUT2D eigenvalue weighted by Gasteiger charge is -2.61. The molecule has 0 saturated heterocycles. The van der Waals surface area contributed by atoms with Crippen molar-refractivity contribution in [3.63, 3.8) is 0 Å². The molecule has 0 aromatic carbocycles. The van der Waals surface area contributed by atoms with Crippen molar-refractivity contribution in [3.8, 4) is 0 Å². The topological polar surface area (TPSA) is 3.24 Å². The fraction of sp³-hybridized carbons (Fsp3) is 1.00. The second-order valence-electron chi connectivity index (χ2n) is 11.7. The van der Waals surface area contributed by atoms with Crippen LogP contribution in [0.15, 0.2) is 0 Å². The molecule has 0 radical (unpaired) electrons. The third-order valence-electron chi connectivity index (χ3n) is 6.71. The maximum atomic E-state index is 2.92. The van der Waals surface area contributed by atoms with E-state index < -0.39 is 0 Å². The second kappa shape index (κ2) is 8.32. The Labute approximate surface area is 160 Å². The van der Waals surface area contributed by atoms with Gasteiger partial charge in [0.05, 0.1) is 0 Å². The standard InChI is InChI=1S/C24H49N/c1-11-12-16-20(2)23(9,10)19-24(17-14-13-15-18-24)25(21(3,4)5)22(6,7)8/h20H,11-19H2,1-10H3/i25+2. The lowest BCUT2D eigenvalue weighted by Crippen LogP contribution is -2.66. The molecule has 150 valence electrons. The van der Waals surface area contributed by atoms with Crippen LogP contribution in [0.25, 0.3) is 0 Å². The van der Waals surface area contributed by atoms with E-state index in [2.05, 4.69) is 74.1 Å². The van der Waals surface area contributed by atoms with Crippen molar-refractivity contribution in [2.75, 3.05) is 0 Å². The maximum absolute atomic E-state index is 2.92. The first-order chi connectivity index (χ1) is 11.3. The summed E-state index contributed by atoms with van der Waals surface area (Å²) in [5.74, 6) is 0.799. The van der Waals surface area contributed by atoms with Gasteiger partial charge >= 0.3 is 0 Å². The van der Waals surface area contributed by atoms with E-state index in [9.17, 15) is 0 Å². The highest BCUT2D eigenvalue weighted by Gasteiger charge is 2.50. The van der Waals surface area contributed by atoms with Gasteiger partial charge in [-0.25, -0.2) is 0 Å². The Balaban J connectivity index is 3.22. The van der Waals surface area contributed by atoms with Crippen molar-refractivity contribution >= 4 is 0 Å². The van der Waals surface area contributed by atoms with Crippen LogP contribution in [0.3, 0.4) is 0 Å². The Bertz CT molecular complexity index is 373. The molecule has 0 aromatic rings. The highest BCUT2D eigenvalue weighted by atomic mass is 16.7. The number of hydrogen-bond acceptors (Lipinski definition) is 1. The van der Waals surface area contributed by atoms with Gasteiger partial charge in [-0.15, -0.1) is 0 Å². The molecule has 0 amide bonds. The Morgan fingerprint density at radius 3 is 1.72 bits per heavy atom. The minimum Gasteiger partial charge on any atom is -0.288 e. The van der Waals surface area contributed by atoms with E-state index in [1.54, 1.807) is 0 Å². The van der Waals surface area contributed by atoms with Crippen molar-refractivity contribution in [2.45, 2.75) is 144 Å². The summed E-state index contributed by atoms with van der Waals surface area (Å²) in [5, 5.41) is 0. The summed E-state index contributed by atoms with van der Waals surface area (Å²) < 4.78 is 0. The fourth-order valence-electron chi connectivity index (χ4n) is 6.04. The second-order valence-corrected chi connectivity index (χ2v) is 11.7. The van der Waals surface area contributed by atoms with E-state index in [-0.39, 0.29) is 11.1 Å². The Morgan fingerprint density at radius 2 is 1.32 bits per heavy atom. The van der Waals surface area contributed by atoms with Gasteiger partial charge in [-0.1, -0.05) is 66.2 Å². The summed E-state index contributed by atoms with van der Waals surface area (Å²) in [7, 11) is 0. The minimum absolute atomic E-state index is 0.207. The Hall–Kier alpha value is -0.0400. The Morgan fingerprint density at radius 1 is 0.840 bits per heavy atom. The van der Waals surface area contributed by atoms with Crippen LogP contribution in [-0.2, 0) is 0 Å². The summed E-state index contributed by atoms with van der Waals surface area (Å²) in [4.78, 5) is 2.92. The molecule has 25 heavy (non-hydrogen) atoms. The van der Waals surface area contributed by atoms with Crippen LogP contribution in [0.5, 0.6) is 0 Å². The van der Waals surface area contributed by atoms with Crippen molar-refractivity contribution in [3.05, 3.63) is 0 Å². The third-order valence-corrected chi connectivity index (χ3v) is 6.71. The highest BCUT2D eigenvalue weighted by Crippen LogP contribution is 2.50. The molecule has 0 N–H and O–H groups in total. The van der Waals surface area contributed by atoms with Gasteiger partial charge in [-0.3, -0.25) is 4.90 Å². The van der Waals surface area contributed by atoms with E-state index in [4.69, 9.17) is 0 Å². The van der Waals surface area contributed by atoms with Crippen LogP contribution in [0.2, 0.25) is 0 Å². The van der Waals surface area contributed by atoms with Crippen LogP contribution in [-0.4, -0.2) is 21.5 Å². The van der Waals surface area contributed by atoms with Crippen LogP contribution in [0.4, 0.5) is 0 Å². The molecule has 0 spiro atoms. The summed E-state index contributed by atoms with van der Waals surface area (Å²) in [6, 6.07) is 0. The third kappa shape index (κ3) is 5.98. The molecule has 1 atom stereocenters. The van der Waals surface area contributed by atoms with Gasteiger partial charge in [-0.05, 0) is 72.1 Å². The summed E-state index contributed by atoms with van der Waals surface area (Å²) in [6.45, 7) is 24.5. The quantitative estimate of drug-likeness (QED) is 0.450. The van der Waals surface area contributed by atoms with Gasteiger partial charge in [0.1, 0.15) is 0 Å². The maximum Gasteiger partial charge on any atom is 0.0225 e. The smallest absolute Gasteiger partial charge is 0.0225 e. The highest BCUT2D eigenvalue weighted by molar-refractivity contribution is 5.05. The van der Waals surface area contributed by atoms with E-state index in [1.807, 2.05) is 0 Å². The molecule has 0 aromatic heterocycles. The first-order valence-electron chi connectivity index (χ1n) is 11.1. The van der Waals surface area contributed by atoms with Crippen LogP contribution < -0.4 is 0 Å². The normalized spacial score (nSPS) is 20.8.